The minimum atomic E-state index is -0.775. The van der Waals surface area contributed by atoms with E-state index in [1.165, 1.54) is 12.1 Å². The molecule has 5 rings (SSSR count). The Morgan fingerprint density at radius 1 is 1.05 bits per heavy atom. The van der Waals surface area contributed by atoms with Crippen molar-refractivity contribution in [3.63, 3.8) is 0 Å². The van der Waals surface area contributed by atoms with Crippen molar-refractivity contribution < 1.29 is 14.2 Å². The number of piperazine rings is 1. The zero-order valence-corrected chi connectivity index (χ0v) is 25.7. The standard InChI is InChI=1S/C30H39BrFN7O2/c1-19-15-27(39-9-7-22(8-10-39)38-13-11-37(3)12-14-38)28(41-4)17-25(19)35-30-33-18-24(31)29(36-30)34-26-16-21(32)5-6-23(26)20(2)40/h5-6,15-18,20,22,40H,7-14H2,1-4H3,(H2,33,34,35,36). The summed E-state index contributed by atoms with van der Waals surface area (Å²) in [5.74, 6) is 1.20. The summed E-state index contributed by atoms with van der Waals surface area (Å²) in [6.07, 6.45) is 3.15. The van der Waals surface area contributed by atoms with Crippen LogP contribution < -0.4 is 20.3 Å². The van der Waals surface area contributed by atoms with E-state index in [0.29, 0.717) is 33.5 Å². The SMILES string of the molecule is COc1cc(Nc2ncc(Br)c(Nc3cc(F)ccc3C(C)O)n2)c(C)cc1N1CCC(N2CCN(C)CC2)CC1. The Morgan fingerprint density at radius 3 is 2.46 bits per heavy atom. The first-order chi connectivity index (χ1) is 19.7. The minimum absolute atomic E-state index is 0.372. The number of benzene rings is 2. The van der Waals surface area contributed by atoms with Crippen LogP contribution in [0.3, 0.4) is 0 Å². The van der Waals surface area contributed by atoms with Gasteiger partial charge in [-0.15, -0.1) is 0 Å². The number of piperidine rings is 1. The number of hydrogen-bond donors (Lipinski definition) is 3. The van der Waals surface area contributed by atoms with Gasteiger partial charge in [-0.25, -0.2) is 9.37 Å². The van der Waals surface area contributed by atoms with Crippen LogP contribution >= 0.6 is 15.9 Å². The number of aromatic nitrogens is 2. The number of nitrogens with one attached hydrogen (secondary N) is 2. The first kappa shape index (κ1) is 29.5. The van der Waals surface area contributed by atoms with Crippen LogP contribution in [0, 0.1) is 12.7 Å². The number of rotatable bonds is 8. The fourth-order valence-corrected chi connectivity index (χ4v) is 5.93. The highest BCUT2D eigenvalue weighted by molar-refractivity contribution is 9.10. The van der Waals surface area contributed by atoms with Crippen molar-refractivity contribution in [2.75, 3.05) is 69.0 Å². The van der Waals surface area contributed by atoms with Crippen molar-refractivity contribution in [2.24, 2.45) is 0 Å². The molecule has 1 unspecified atom stereocenters. The number of anilines is 5. The second kappa shape index (κ2) is 12.9. The topological polar surface area (TPSA) is 89.0 Å². The van der Waals surface area contributed by atoms with Crippen LogP contribution in [-0.2, 0) is 0 Å². The van der Waals surface area contributed by atoms with Crippen molar-refractivity contribution in [3.05, 3.63) is 57.9 Å². The molecule has 3 N–H and O–H groups in total. The normalized spacial score (nSPS) is 17.9. The summed E-state index contributed by atoms with van der Waals surface area (Å²) in [5.41, 5.74) is 3.98. The molecule has 0 spiro atoms. The Bertz CT molecular complexity index is 1360. The highest BCUT2D eigenvalue weighted by atomic mass is 79.9. The van der Waals surface area contributed by atoms with Crippen molar-refractivity contribution >= 4 is 44.8 Å². The van der Waals surface area contributed by atoms with Crippen LogP contribution in [-0.4, -0.2) is 84.3 Å². The molecule has 0 radical (unpaired) electrons. The molecule has 41 heavy (non-hydrogen) atoms. The summed E-state index contributed by atoms with van der Waals surface area (Å²) < 4.78 is 20.4. The number of aryl methyl sites for hydroxylation is 1. The molecule has 2 aliphatic rings. The maximum absolute atomic E-state index is 14.0. The van der Waals surface area contributed by atoms with Gasteiger partial charge in [0.15, 0.2) is 0 Å². The van der Waals surface area contributed by atoms with E-state index >= 15 is 0 Å². The van der Waals surface area contributed by atoms with E-state index in [9.17, 15) is 9.50 Å². The van der Waals surface area contributed by atoms with Gasteiger partial charge in [-0.3, -0.25) is 4.90 Å². The number of aliphatic hydroxyl groups is 1. The molecule has 0 aliphatic carbocycles. The first-order valence-corrected chi connectivity index (χ1v) is 14.9. The van der Waals surface area contributed by atoms with Gasteiger partial charge >= 0.3 is 0 Å². The summed E-state index contributed by atoms with van der Waals surface area (Å²) in [6.45, 7) is 10.3. The molecule has 2 fully saturated rings. The van der Waals surface area contributed by atoms with Crippen LogP contribution in [0.4, 0.5) is 33.2 Å². The van der Waals surface area contributed by atoms with Crippen LogP contribution in [0.2, 0.25) is 0 Å². The lowest BCUT2D eigenvalue weighted by molar-refractivity contribution is 0.0981. The number of ether oxygens (including phenoxy) is 1. The second-order valence-electron chi connectivity index (χ2n) is 10.9. The van der Waals surface area contributed by atoms with E-state index in [1.807, 2.05) is 6.07 Å². The molecule has 3 heterocycles. The van der Waals surface area contributed by atoms with Crippen molar-refractivity contribution in [2.45, 2.75) is 38.8 Å². The van der Waals surface area contributed by atoms with Gasteiger partial charge < -0.3 is 30.3 Å². The molecule has 2 saturated heterocycles. The lowest BCUT2D eigenvalue weighted by Gasteiger charge is -2.42. The maximum atomic E-state index is 14.0. The average molecular weight is 629 g/mol. The third-order valence-electron chi connectivity index (χ3n) is 8.09. The second-order valence-corrected chi connectivity index (χ2v) is 11.8. The van der Waals surface area contributed by atoms with Gasteiger partial charge in [-0.05, 0) is 73.4 Å². The molecule has 2 aromatic carbocycles. The van der Waals surface area contributed by atoms with Gasteiger partial charge in [0.2, 0.25) is 5.95 Å². The highest BCUT2D eigenvalue weighted by Gasteiger charge is 2.28. The van der Waals surface area contributed by atoms with Crippen molar-refractivity contribution in [1.82, 2.24) is 19.8 Å². The number of halogens is 2. The van der Waals surface area contributed by atoms with Crippen LogP contribution in [0.1, 0.15) is 37.0 Å². The average Bonchev–Trinajstić information content (AvgIpc) is 2.96. The first-order valence-electron chi connectivity index (χ1n) is 14.1. The summed E-state index contributed by atoms with van der Waals surface area (Å²) in [7, 11) is 3.90. The third-order valence-corrected chi connectivity index (χ3v) is 8.67. The zero-order chi connectivity index (χ0) is 29.1. The van der Waals surface area contributed by atoms with Gasteiger partial charge in [0.05, 0.1) is 23.4 Å². The molecular formula is C30H39BrFN7O2. The molecular weight excluding hydrogens is 589 g/mol. The molecule has 11 heteroatoms. The van der Waals surface area contributed by atoms with E-state index in [1.54, 1.807) is 26.3 Å². The Hall–Kier alpha value is -2.99. The number of methoxy groups -OCH3 is 1. The van der Waals surface area contributed by atoms with E-state index in [0.717, 1.165) is 74.8 Å². The minimum Gasteiger partial charge on any atom is -0.495 e. The highest BCUT2D eigenvalue weighted by Crippen LogP contribution is 2.37. The van der Waals surface area contributed by atoms with Gasteiger partial charge in [-0.1, -0.05) is 6.07 Å². The Morgan fingerprint density at radius 2 is 1.78 bits per heavy atom. The zero-order valence-electron chi connectivity index (χ0n) is 24.1. The molecule has 3 aromatic rings. The fourth-order valence-electron chi connectivity index (χ4n) is 5.64. The maximum Gasteiger partial charge on any atom is 0.229 e. The quantitative estimate of drug-likeness (QED) is 0.301. The fraction of sp³-hybridized carbons (Fsp3) is 0.467. The van der Waals surface area contributed by atoms with Crippen LogP contribution in [0.25, 0.3) is 0 Å². The summed E-state index contributed by atoms with van der Waals surface area (Å²) >= 11 is 3.47. The Kier molecular flexibility index (Phi) is 9.28. The molecule has 220 valence electrons. The van der Waals surface area contributed by atoms with E-state index in [2.05, 4.69) is 71.3 Å². The molecule has 1 aromatic heterocycles. The largest absolute Gasteiger partial charge is 0.495 e. The summed E-state index contributed by atoms with van der Waals surface area (Å²) in [6, 6.07) is 9.03. The van der Waals surface area contributed by atoms with Gasteiger partial charge in [0.1, 0.15) is 17.4 Å². The smallest absolute Gasteiger partial charge is 0.229 e. The monoisotopic (exact) mass is 627 g/mol. The number of nitrogens with zero attached hydrogens (tertiary/aromatic N) is 5. The van der Waals surface area contributed by atoms with Crippen molar-refractivity contribution in [3.8, 4) is 5.75 Å². The van der Waals surface area contributed by atoms with Crippen LogP contribution in [0.5, 0.6) is 5.75 Å². The predicted octanol–water partition coefficient (Wildman–Crippen LogP) is 5.45. The molecule has 1 atom stereocenters. The lowest BCUT2D eigenvalue weighted by atomic mass is 10.0. The van der Waals surface area contributed by atoms with Gasteiger partial charge in [0.25, 0.3) is 0 Å². The number of likely N-dealkylation sites (N-methyl/N-ethyl adjacent to an activating group) is 1. The number of aliphatic hydroxyl groups excluding tert-OH is 1. The third kappa shape index (κ3) is 6.91. The number of hydrogen-bond acceptors (Lipinski definition) is 9. The summed E-state index contributed by atoms with van der Waals surface area (Å²) in [5, 5.41) is 16.6. The lowest BCUT2D eigenvalue weighted by Crippen LogP contribution is -2.52. The molecule has 0 saturated carbocycles. The Balaban J connectivity index is 1.30. The van der Waals surface area contributed by atoms with Gasteiger partial charge in [-0.2, -0.15) is 4.98 Å². The Labute approximate surface area is 249 Å². The van der Waals surface area contributed by atoms with Crippen LogP contribution in [0.15, 0.2) is 41.0 Å². The summed E-state index contributed by atoms with van der Waals surface area (Å²) in [4.78, 5) is 16.5. The van der Waals surface area contributed by atoms with E-state index < -0.39 is 11.9 Å². The van der Waals surface area contributed by atoms with Crippen molar-refractivity contribution in [1.29, 1.82) is 0 Å². The van der Waals surface area contributed by atoms with Gasteiger partial charge in [0, 0.05) is 74.5 Å². The van der Waals surface area contributed by atoms with E-state index in [4.69, 9.17) is 4.74 Å². The molecule has 0 bridgehead atoms. The predicted molar refractivity (Wildman–Crippen MR) is 165 cm³/mol. The van der Waals surface area contributed by atoms with E-state index in [-0.39, 0.29) is 0 Å². The molecule has 9 nitrogen and oxygen atoms in total. The molecule has 2 aliphatic heterocycles. The molecule has 0 amide bonds.